The fourth-order valence-corrected chi connectivity index (χ4v) is 5.09. The summed E-state index contributed by atoms with van der Waals surface area (Å²) in [5, 5.41) is 2.79. The molecular weight excluding hydrogens is 482 g/mol. The van der Waals surface area contributed by atoms with Crippen molar-refractivity contribution in [2.24, 2.45) is 0 Å². The maximum Gasteiger partial charge on any atom is 0.410 e. The molecule has 2 aromatic rings. The molecule has 4 rings (SSSR count). The minimum Gasteiger partial charge on any atom is -0.448 e. The van der Waals surface area contributed by atoms with Crippen molar-refractivity contribution in [2.75, 3.05) is 33.4 Å². The third-order valence-electron chi connectivity index (χ3n) is 7.46. The van der Waals surface area contributed by atoms with Gasteiger partial charge in [-0.3, -0.25) is 14.5 Å². The first-order valence-corrected chi connectivity index (χ1v) is 13.1. The van der Waals surface area contributed by atoms with E-state index < -0.39 is 30.2 Å². The van der Waals surface area contributed by atoms with Crippen molar-refractivity contribution in [1.29, 1.82) is 0 Å². The zero-order chi connectivity index (χ0) is 27.2. The number of benzene rings is 2. The molecule has 0 aromatic heterocycles. The lowest BCUT2D eigenvalue weighted by atomic mass is 9.98. The molecule has 38 heavy (non-hydrogen) atoms. The molecule has 1 aliphatic heterocycles. The molecule has 2 aromatic carbocycles. The average molecular weight is 518 g/mol. The van der Waals surface area contributed by atoms with Crippen molar-refractivity contribution < 1.29 is 23.9 Å². The summed E-state index contributed by atoms with van der Waals surface area (Å²) >= 11 is 0. The molecular formula is C30H35N3O5. The van der Waals surface area contributed by atoms with Gasteiger partial charge in [-0.15, -0.1) is 6.42 Å². The van der Waals surface area contributed by atoms with Crippen LogP contribution < -0.4 is 5.32 Å². The molecule has 200 valence electrons. The maximum absolute atomic E-state index is 13.2. The van der Waals surface area contributed by atoms with E-state index in [2.05, 4.69) is 35.5 Å². The van der Waals surface area contributed by atoms with Crippen LogP contribution in [0, 0.1) is 12.3 Å². The van der Waals surface area contributed by atoms with E-state index in [1.54, 1.807) is 18.7 Å². The molecule has 3 atom stereocenters. The van der Waals surface area contributed by atoms with E-state index in [1.165, 1.54) is 11.9 Å². The Bertz CT molecular complexity index is 1170. The van der Waals surface area contributed by atoms with E-state index in [4.69, 9.17) is 15.9 Å². The van der Waals surface area contributed by atoms with Crippen LogP contribution in [-0.4, -0.2) is 79.2 Å². The van der Waals surface area contributed by atoms with Gasteiger partial charge in [0.25, 0.3) is 0 Å². The monoisotopic (exact) mass is 517 g/mol. The summed E-state index contributed by atoms with van der Waals surface area (Å²) in [6.07, 6.45) is 5.91. The van der Waals surface area contributed by atoms with Crippen LogP contribution in [-0.2, 0) is 19.1 Å². The van der Waals surface area contributed by atoms with Crippen LogP contribution in [0.1, 0.15) is 43.7 Å². The topological polar surface area (TPSA) is 88.2 Å². The maximum atomic E-state index is 13.2. The molecule has 8 heteroatoms. The van der Waals surface area contributed by atoms with Gasteiger partial charge >= 0.3 is 6.09 Å². The Balaban J connectivity index is 1.39. The highest BCUT2D eigenvalue weighted by atomic mass is 16.6. The highest BCUT2D eigenvalue weighted by molar-refractivity contribution is 5.91. The minimum absolute atomic E-state index is 0.0238. The standard InChI is InChI=1S/C30H35N3O5/c1-5-18-37-21(3)27(29(35)33-16-10-11-17-33)31-28(34)20(2)32(4)30(36)38-19-26-24-14-8-6-12-22(24)23-13-7-9-15-25(23)26/h1,6-9,12-15,20-21,26-27H,10-11,16-19H2,2-4H3,(H,31,34)/t20?,21-,27+/m1/s1. The van der Waals surface area contributed by atoms with Crippen molar-refractivity contribution in [3.05, 3.63) is 59.7 Å². The highest BCUT2D eigenvalue weighted by Crippen LogP contribution is 2.44. The second kappa shape index (κ2) is 12.1. The first-order valence-electron chi connectivity index (χ1n) is 13.1. The third-order valence-corrected chi connectivity index (χ3v) is 7.46. The number of carbonyl (C=O) groups is 3. The molecule has 0 bridgehead atoms. The number of nitrogens with one attached hydrogen (secondary N) is 1. The number of hydrogen-bond donors (Lipinski definition) is 1. The second-order valence-corrected chi connectivity index (χ2v) is 9.83. The Labute approximate surface area is 224 Å². The number of carbonyl (C=O) groups excluding carboxylic acids is 3. The summed E-state index contributed by atoms with van der Waals surface area (Å²) in [5.74, 6) is 1.62. The normalized spacial score (nSPS) is 16.5. The molecule has 0 saturated carbocycles. The highest BCUT2D eigenvalue weighted by Gasteiger charge is 2.35. The number of rotatable bonds is 9. The average Bonchev–Trinajstić information content (AvgIpc) is 3.59. The van der Waals surface area contributed by atoms with E-state index in [-0.39, 0.29) is 25.0 Å². The lowest BCUT2D eigenvalue weighted by Crippen LogP contribution is -2.57. The molecule has 3 amide bonds. The Morgan fingerprint density at radius 1 is 1.05 bits per heavy atom. The molecule has 1 unspecified atom stereocenters. The van der Waals surface area contributed by atoms with Gasteiger partial charge in [-0.1, -0.05) is 54.5 Å². The zero-order valence-electron chi connectivity index (χ0n) is 22.2. The van der Waals surface area contributed by atoms with Gasteiger partial charge in [0.2, 0.25) is 11.8 Å². The number of amides is 3. The van der Waals surface area contributed by atoms with Gasteiger partial charge < -0.3 is 19.7 Å². The number of likely N-dealkylation sites (N-methyl/N-ethyl adjacent to an activating group) is 1. The fourth-order valence-electron chi connectivity index (χ4n) is 5.09. The molecule has 0 radical (unpaired) electrons. The van der Waals surface area contributed by atoms with Crippen molar-refractivity contribution >= 4 is 17.9 Å². The minimum atomic E-state index is -0.910. The predicted molar refractivity (Wildman–Crippen MR) is 144 cm³/mol. The van der Waals surface area contributed by atoms with Gasteiger partial charge in [-0.25, -0.2) is 4.79 Å². The predicted octanol–water partition coefficient (Wildman–Crippen LogP) is 3.40. The third kappa shape index (κ3) is 5.68. The number of hydrogen-bond acceptors (Lipinski definition) is 5. The molecule has 1 heterocycles. The molecule has 1 fully saturated rings. The molecule has 1 N–H and O–H groups in total. The van der Waals surface area contributed by atoms with Crippen LogP contribution in [0.15, 0.2) is 48.5 Å². The van der Waals surface area contributed by atoms with E-state index in [0.717, 1.165) is 35.1 Å². The van der Waals surface area contributed by atoms with Gasteiger partial charge in [0.15, 0.2) is 0 Å². The number of nitrogens with zero attached hydrogens (tertiary/aromatic N) is 2. The summed E-state index contributed by atoms with van der Waals surface area (Å²) < 4.78 is 11.3. The number of terminal acetylenes is 1. The van der Waals surface area contributed by atoms with Gasteiger partial charge in [-0.05, 0) is 48.9 Å². The van der Waals surface area contributed by atoms with E-state index in [1.807, 2.05) is 24.3 Å². The molecule has 8 nitrogen and oxygen atoms in total. The van der Waals surface area contributed by atoms with Crippen molar-refractivity contribution in [3.8, 4) is 23.5 Å². The Morgan fingerprint density at radius 2 is 1.63 bits per heavy atom. The number of ether oxygens (including phenoxy) is 2. The van der Waals surface area contributed by atoms with Gasteiger partial charge in [-0.2, -0.15) is 0 Å². The second-order valence-electron chi connectivity index (χ2n) is 9.83. The Morgan fingerprint density at radius 3 is 2.21 bits per heavy atom. The van der Waals surface area contributed by atoms with Gasteiger partial charge in [0.1, 0.15) is 25.3 Å². The van der Waals surface area contributed by atoms with Crippen molar-refractivity contribution in [3.63, 3.8) is 0 Å². The summed E-state index contributed by atoms with van der Waals surface area (Å²) in [6.45, 7) is 4.76. The SMILES string of the molecule is C#CCO[C@H](C)[C@H](NC(=O)C(C)N(C)C(=O)OCC1c2ccccc2-c2ccccc21)C(=O)N1CCCC1. The Hall–Kier alpha value is -3.83. The first-order chi connectivity index (χ1) is 18.3. The van der Waals surface area contributed by atoms with E-state index in [0.29, 0.717) is 13.1 Å². The van der Waals surface area contributed by atoms with Crippen LogP contribution in [0.25, 0.3) is 11.1 Å². The number of likely N-dealkylation sites (tertiary alicyclic amines) is 1. The first kappa shape index (κ1) is 27.2. The fraction of sp³-hybridized carbons (Fsp3) is 0.433. The van der Waals surface area contributed by atoms with Crippen molar-refractivity contribution in [1.82, 2.24) is 15.1 Å². The van der Waals surface area contributed by atoms with Crippen LogP contribution in [0.4, 0.5) is 4.79 Å². The molecule has 0 spiro atoms. The van der Waals surface area contributed by atoms with Gasteiger partial charge in [0.05, 0.1) is 6.10 Å². The summed E-state index contributed by atoms with van der Waals surface area (Å²) in [6, 6.07) is 14.4. The summed E-state index contributed by atoms with van der Waals surface area (Å²) in [4.78, 5) is 42.2. The molecule has 1 saturated heterocycles. The van der Waals surface area contributed by atoms with Crippen LogP contribution in [0.2, 0.25) is 0 Å². The molecule has 2 aliphatic rings. The van der Waals surface area contributed by atoms with Gasteiger partial charge in [0, 0.05) is 26.1 Å². The van der Waals surface area contributed by atoms with Crippen molar-refractivity contribution in [2.45, 2.75) is 50.8 Å². The number of fused-ring (bicyclic) bond motifs is 3. The summed E-state index contributed by atoms with van der Waals surface area (Å²) in [7, 11) is 1.51. The smallest absolute Gasteiger partial charge is 0.410 e. The lowest BCUT2D eigenvalue weighted by Gasteiger charge is -2.30. The van der Waals surface area contributed by atoms with Crippen LogP contribution in [0.3, 0.4) is 0 Å². The lowest BCUT2D eigenvalue weighted by molar-refractivity contribution is -0.140. The van der Waals surface area contributed by atoms with Crippen LogP contribution >= 0.6 is 0 Å². The van der Waals surface area contributed by atoms with E-state index >= 15 is 0 Å². The summed E-state index contributed by atoms with van der Waals surface area (Å²) in [5.41, 5.74) is 4.50. The zero-order valence-corrected chi connectivity index (χ0v) is 22.2. The molecule has 1 aliphatic carbocycles. The Kier molecular flexibility index (Phi) is 8.70. The quantitative estimate of drug-likeness (QED) is 0.515. The largest absolute Gasteiger partial charge is 0.448 e. The van der Waals surface area contributed by atoms with Crippen LogP contribution in [0.5, 0.6) is 0 Å². The van der Waals surface area contributed by atoms with E-state index in [9.17, 15) is 14.4 Å².